The van der Waals surface area contributed by atoms with E-state index in [-0.39, 0.29) is 12.3 Å². The molecule has 80 valence electrons. The normalized spacial score (nSPS) is 9.67. The van der Waals surface area contributed by atoms with Gasteiger partial charge in [0.2, 0.25) is 5.91 Å². The van der Waals surface area contributed by atoms with E-state index in [4.69, 9.17) is 5.26 Å². The molecule has 1 rings (SSSR count). The summed E-state index contributed by atoms with van der Waals surface area (Å²) in [4.78, 5) is 11.1. The number of carbonyl (C=O) groups is 1. The van der Waals surface area contributed by atoms with E-state index in [2.05, 4.69) is 10.4 Å². The summed E-state index contributed by atoms with van der Waals surface area (Å²) in [5.74, 6) is -0.247. The highest BCUT2D eigenvalue weighted by atomic mass is 16.1. The van der Waals surface area contributed by atoms with Crippen LogP contribution in [-0.4, -0.2) is 15.7 Å². The zero-order valence-corrected chi connectivity index (χ0v) is 8.95. The molecule has 0 radical (unpaired) electrons. The van der Waals surface area contributed by atoms with Crippen LogP contribution in [0.3, 0.4) is 0 Å². The van der Waals surface area contributed by atoms with Crippen molar-refractivity contribution >= 4 is 5.91 Å². The number of nitrogens with one attached hydrogen (secondary N) is 1. The predicted molar refractivity (Wildman–Crippen MR) is 54.7 cm³/mol. The third-order valence-electron chi connectivity index (χ3n) is 2.04. The summed E-state index contributed by atoms with van der Waals surface area (Å²) in [7, 11) is 1.85. The molecule has 5 nitrogen and oxygen atoms in total. The summed E-state index contributed by atoms with van der Waals surface area (Å²) in [6.07, 6.45) is 2.62. The molecule has 1 heterocycles. The summed E-state index contributed by atoms with van der Waals surface area (Å²) in [5.41, 5.74) is 1.99. The standard InChI is InChI=1S/C10H14N4O/c1-3-9-8(7-14(2)13-9)6-12-10(15)4-5-11/h7H,3-4,6H2,1-2H3,(H,12,15). The molecule has 0 unspecified atom stereocenters. The number of aryl methyl sites for hydroxylation is 2. The Morgan fingerprint density at radius 2 is 2.47 bits per heavy atom. The quantitative estimate of drug-likeness (QED) is 0.780. The van der Waals surface area contributed by atoms with Crippen LogP contribution in [-0.2, 0) is 24.8 Å². The fourth-order valence-electron chi connectivity index (χ4n) is 1.36. The van der Waals surface area contributed by atoms with Crippen molar-refractivity contribution in [3.8, 4) is 6.07 Å². The van der Waals surface area contributed by atoms with Crippen molar-refractivity contribution < 1.29 is 4.79 Å². The Bertz CT molecular complexity index is 389. The van der Waals surface area contributed by atoms with Crippen LogP contribution in [0.25, 0.3) is 0 Å². The van der Waals surface area contributed by atoms with Crippen LogP contribution < -0.4 is 5.32 Å². The minimum absolute atomic E-state index is 0.0955. The fourth-order valence-corrected chi connectivity index (χ4v) is 1.36. The highest BCUT2D eigenvalue weighted by molar-refractivity contribution is 5.77. The first kappa shape index (κ1) is 11.2. The van der Waals surface area contributed by atoms with Crippen LogP contribution in [0, 0.1) is 11.3 Å². The van der Waals surface area contributed by atoms with E-state index in [0.29, 0.717) is 6.54 Å². The van der Waals surface area contributed by atoms with E-state index >= 15 is 0 Å². The fraction of sp³-hybridized carbons (Fsp3) is 0.500. The van der Waals surface area contributed by atoms with Crippen molar-refractivity contribution in [1.29, 1.82) is 5.26 Å². The molecule has 0 bridgehead atoms. The van der Waals surface area contributed by atoms with Crippen molar-refractivity contribution in [2.45, 2.75) is 26.3 Å². The maximum atomic E-state index is 11.1. The first-order valence-electron chi connectivity index (χ1n) is 4.82. The molecule has 1 aromatic rings. The molecule has 1 amide bonds. The van der Waals surface area contributed by atoms with Gasteiger partial charge in [0.1, 0.15) is 6.42 Å². The molecule has 0 atom stereocenters. The Morgan fingerprint density at radius 1 is 1.73 bits per heavy atom. The lowest BCUT2D eigenvalue weighted by atomic mass is 10.2. The van der Waals surface area contributed by atoms with Crippen LogP contribution in [0.2, 0.25) is 0 Å². The van der Waals surface area contributed by atoms with Gasteiger partial charge in [-0.05, 0) is 6.42 Å². The predicted octanol–water partition coefficient (Wildman–Crippen LogP) is 0.512. The number of hydrogen-bond acceptors (Lipinski definition) is 3. The Labute approximate surface area is 88.7 Å². The summed E-state index contributed by atoms with van der Waals surface area (Å²) >= 11 is 0. The molecule has 1 N–H and O–H groups in total. The van der Waals surface area contributed by atoms with Crippen molar-refractivity contribution in [3.63, 3.8) is 0 Å². The molecule has 0 saturated carbocycles. The van der Waals surface area contributed by atoms with E-state index in [1.807, 2.05) is 20.2 Å². The smallest absolute Gasteiger partial charge is 0.234 e. The first-order valence-corrected chi connectivity index (χ1v) is 4.82. The highest BCUT2D eigenvalue weighted by Gasteiger charge is 2.06. The third-order valence-corrected chi connectivity index (χ3v) is 2.04. The lowest BCUT2D eigenvalue weighted by Crippen LogP contribution is -2.22. The molecule has 15 heavy (non-hydrogen) atoms. The summed E-state index contributed by atoms with van der Waals surface area (Å²) < 4.78 is 1.73. The van der Waals surface area contributed by atoms with E-state index in [9.17, 15) is 4.79 Å². The van der Waals surface area contributed by atoms with E-state index < -0.39 is 0 Å². The van der Waals surface area contributed by atoms with Crippen molar-refractivity contribution in [1.82, 2.24) is 15.1 Å². The lowest BCUT2D eigenvalue weighted by molar-refractivity contribution is -0.120. The number of carbonyl (C=O) groups excluding carboxylic acids is 1. The monoisotopic (exact) mass is 206 g/mol. The minimum atomic E-state index is -0.247. The number of nitrogens with zero attached hydrogens (tertiary/aromatic N) is 3. The zero-order chi connectivity index (χ0) is 11.3. The molecule has 0 spiro atoms. The van der Waals surface area contributed by atoms with E-state index in [1.165, 1.54) is 0 Å². The molecule has 0 aliphatic heterocycles. The van der Waals surface area contributed by atoms with Gasteiger partial charge in [0, 0.05) is 25.4 Å². The summed E-state index contributed by atoms with van der Waals surface area (Å²) in [6.45, 7) is 2.46. The largest absolute Gasteiger partial charge is 0.351 e. The van der Waals surface area contributed by atoms with Gasteiger partial charge in [-0.25, -0.2) is 0 Å². The maximum Gasteiger partial charge on any atom is 0.234 e. The van der Waals surface area contributed by atoms with Crippen LogP contribution in [0.1, 0.15) is 24.6 Å². The van der Waals surface area contributed by atoms with Crippen molar-refractivity contribution in [2.24, 2.45) is 7.05 Å². The Morgan fingerprint density at radius 3 is 3.07 bits per heavy atom. The van der Waals surface area contributed by atoms with Crippen molar-refractivity contribution in [2.75, 3.05) is 0 Å². The second kappa shape index (κ2) is 5.15. The van der Waals surface area contributed by atoms with E-state index in [0.717, 1.165) is 17.7 Å². The molecule has 0 aliphatic carbocycles. The number of nitriles is 1. The molecule has 0 aliphatic rings. The second-order valence-corrected chi connectivity index (χ2v) is 3.24. The van der Waals surface area contributed by atoms with Gasteiger partial charge in [-0.2, -0.15) is 10.4 Å². The van der Waals surface area contributed by atoms with Gasteiger partial charge < -0.3 is 5.32 Å². The second-order valence-electron chi connectivity index (χ2n) is 3.24. The zero-order valence-electron chi connectivity index (χ0n) is 8.95. The summed E-state index contributed by atoms with van der Waals surface area (Å²) in [6, 6.07) is 1.80. The highest BCUT2D eigenvalue weighted by Crippen LogP contribution is 2.06. The molecular formula is C10H14N4O. The third kappa shape index (κ3) is 3.09. The number of hydrogen-bond donors (Lipinski definition) is 1. The van der Waals surface area contributed by atoms with Crippen LogP contribution in [0.4, 0.5) is 0 Å². The molecule has 1 aromatic heterocycles. The molecule has 0 aromatic carbocycles. The lowest BCUT2D eigenvalue weighted by Gasteiger charge is -2.01. The molecular weight excluding hydrogens is 192 g/mol. The Balaban J connectivity index is 2.57. The SMILES string of the molecule is CCc1nn(C)cc1CNC(=O)CC#N. The topological polar surface area (TPSA) is 70.7 Å². The van der Waals surface area contributed by atoms with Crippen LogP contribution >= 0.6 is 0 Å². The Hall–Kier alpha value is -1.83. The number of rotatable bonds is 4. The first-order chi connectivity index (χ1) is 7.17. The van der Waals surface area contributed by atoms with Crippen LogP contribution in [0.15, 0.2) is 6.20 Å². The number of amides is 1. The summed E-state index contributed by atoms with van der Waals surface area (Å²) in [5, 5.41) is 15.2. The molecule has 0 fully saturated rings. The van der Waals surface area contributed by atoms with Gasteiger partial charge in [0.05, 0.1) is 11.8 Å². The van der Waals surface area contributed by atoms with Gasteiger partial charge in [-0.15, -0.1) is 0 Å². The van der Waals surface area contributed by atoms with Crippen molar-refractivity contribution in [3.05, 3.63) is 17.5 Å². The minimum Gasteiger partial charge on any atom is -0.351 e. The average Bonchev–Trinajstić information content (AvgIpc) is 2.56. The van der Waals surface area contributed by atoms with E-state index in [1.54, 1.807) is 10.8 Å². The number of aromatic nitrogens is 2. The van der Waals surface area contributed by atoms with Gasteiger partial charge in [0.15, 0.2) is 0 Å². The Kier molecular flexibility index (Phi) is 3.86. The van der Waals surface area contributed by atoms with Crippen LogP contribution in [0.5, 0.6) is 0 Å². The van der Waals surface area contributed by atoms with Gasteiger partial charge in [-0.3, -0.25) is 9.48 Å². The average molecular weight is 206 g/mol. The molecule has 5 heteroatoms. The van der Waals surface area contributed by atoms with Gasteiger partial charge in [-0.1, -0.05) is 6.92 Å². The molecule has 0 saturated heterocycles. The van der Waals surface area contributed by atoms with Gasteiger partial charge >= 0.3 is 0 Å². The van der Waals surface area contributed by atoms with Gasteiger partial charge in [0.25, 0.3) is 0 Å². The maximum absolute atomic E-state index is 11.1.